The van der Waals surface area contributed by atoms with Gasteiger partial charge in [-0.15, -0.1) is 0 Å². The highest BCUT2D eigenvalue weighted by Crippen LogP contribution is 2.15. The molecule has 0 aliphatic rings. The minimum absolute atomic E-state index is 0.0759. The van der Waals surface area contributed by atoms with Crippen LogP contribution in [0.25, 0.3) is 6.08 Å². The lowest BCUT2D eigenvalue weighted by Gasteiger charge is -2.20. The van der Waals surface area contributed by atoms with E-state index >= 15 is 0 Å². The molecule has 4 heteroatoms. The molecule has 1 amide bonds. The van der Waals surface area contributed by atoms with Gasteiger partial charge in [0.1, 0.15) is 11.5 Å². The van der Waals surface area contributed by atoms with E-state index in [1.807, 2.05) is 66.7 Å². The summed E-state index contributed by atoms with van der Waals surface area (Å²) in [5.41, 5.74) is 1.98. The zero-order chi connectivity index (χ0) is 18.2. The Morgan fingerprint density at radius 1 is 1.04 bits per heavy atom. The van der Waals surface area contributed by atoms with E-state index in [2.05, 4.69) is 0 Å². The zero-order valence-corrected chi connectivity index (χ0v) is 14.7. The lowest BCUT2D eigenvalue weighted by atomic mass is 10.2. The molecule has 0 N–H and O–H groups in total. The average molecular weight is 347 g/mol. The summed E-state index contributed by atoms with van der Waals surface area (Å²) < 4.78 is 10.6. The van der Waals surface area contributed by atoms with Gasteiger partial charge in [-0.3, -0.25) is 4.79 Å². The van der Waals surface area contributed by atoms with Crippen molar-refractivity contribution in [3.8, 4) is 5.75 Å². The highest BCUT2D eigenvalue weighted by molar-refractivity contribution is 5.91. The van der Waals surface area contributed by atoms with E-state index in [1.165, 1.54) is 0 Å². The molecular weight excluding hydrogens is 326 g/mol. The van der Waals surface area contributed by atoms with Gasteiger partial charge in [-0.2, -0.15) is 0 Å². The average Bonchev–Trinajstić information content (AvgIpc) is 3.20. The molecule has 3 rings (SSSR count). The first-order valence-corrected chi connectivity index (χ1v) is 8.42. The minimum Gasteiger partial charge on any atom is -0.497 e. The molecule has 0 aliphatic heterocycles. The van der Waals surface area contributed by atoms with Gasteiger partial charge in [-0.05, 0) is 41.5 Å². The third-order valence-electron chi connectivity index (χ3n) is 3.97. The molecule has 4 nitrogen and oxygen atoms in total. The van der Waals surface area contributed by atoms with Crippen molar-refractivity contribution in [1.82, 2.24) is 4.90 Å². The third kappa shape index (κ3) is 4.86. The molecule has 0 unspecified atom stereocenters. The summed E-state index contributed by atoms with van der Waals surface area (Å²) in [7, 11) is 1.62. The Balaban J connectivity index is 1.76. The molecule has 0 bridgehead atoms. The van der Waals surface area contributed by atoms with E-state index in [9.17, 15) is 4.79 Å². The summed E-state index contributed by atoms with van der Waals surface area (Å²) in [5.74, 6) is 1.44. The number of ether oxygens (including phenoxy) is 1. The van der Waals surface area contributed by atoms with Crippen LogP contribution in [0.4, 0.5) is 0 Å². The van der Waals surface area contributed by atoms with Crippen molar-refractivity contribution in [1.29, 1.82) is 0 Å². The van der Waals surface area contributed by atoms with Crippen LogP contribution in [0, 0.1) is 0 Å². The zero-order valence-electron chi connectivity index (χ0n) is 14.7. The molecule has 0 aliphatic carbocycles. The lowest BCUT2D eigenvalue weighted by Crippen LogP contribution is -2.28. The number of amides is 1. The molecule has 0 spiro atoms. The van der Waals surface area contributed by atoms with Crippen molar-refractivity contribution >= 4 is 12.0 Å². The highest BCUT2D eigenvalue weighted by Gasteiger charge is 2.13. The molecule has 0 fully saturated rings. The topological polar surface area (TPSA) is 42.7 Å². The van der Waals surface area contributed by atoms with Gasteiger partial charge >= 0.3 is 0 Å². The predicted molar refractivity (Wildman–Crippen MR) is 101 cm³/mol. The van der Waals surface area contributed by atoms with E-state index in [4.69, 9.17) is 9.15 Å². The summed E-state index contributed by atoms with van der Waals surface area (Å²) >= 11 is 0. The Morgan fingerprint density at radius 2 is 1.88 bits per heavy atom. The van der Waals surface area contributed by atoms with Crippen molar-refractivity contribution in [2.24, 2.45) is 0 Å². The first-order valence-electron chi connectivity index (χ1n) is 8.42. The molecule has 0 saturated heterocycles. The number of hydrogen-bond acceptors (Lipinski definition) is 3. The van der Waals surface area contributed by atoms with Crippen molar-refractivity contribution in [3.63, 3.8) is 0 Å². The van der Waals surface area contributed by atoms with Crippen LogP contribution in [-0.4, -0.2) is 17.9 Å². The molecule has 1 heterocycles. The Hall–Kier alpha value is -3.27. The molecule has 132 valence electrons. The quantitative estimate of drug-likeness (QED) is 0.590. The summed E-state index contributed by atoms with van der Waals surface area (Å²) in [5, 5.41) is 0. The van der Waals surface area contributed by atoms with E-state index in [-0.39, 0.29) is 5.91 Å². The number of rotatable bonds is 7. The fourth-order valence-electron chi connectivity index (χ4n) is 2.62. The first-order chi connectivity index (χ1) is 12.7. The lowest BCUT2D eigenvalue weighted by molar-refractivity contribution is -0.127. The van der Waals surface area contributed by atoms with E-state index in [1.54, 1.807) is 30.4 Å². The van der Waals surface area contributed by atoms with Gasteiger partial charge in [-0.25, -0.2) is 0 Å². The van der Waals surface area contributed by atoms with Gasteiger partial charge < -0.3 is 14.1 Å². The van der Waals surface area contributed by atoms with Gasteiger partial charge in [0.2, 0.25) is 5.91 Å². The smallest absolute Gasteiger partial charge is 0.247 e. The van der Waals surface area contributed by atoms with Gasteiger partial charge in [0.05, 0.1) is 19.9 Å². The number of furan rings is 1. The number of carbonyl (C=O) groups excluding carboxylic acids is 1. The van der Waals surface area contributed by atoms with Crippen LogP contribution < -0.4 is 4.74 Å². The monoisotopic (exact) mass is 347 g/mol. The number of benzene rings is 2. The van der Waals surface area contributed by atoms with Crippen LogP contribution in [-0.2, 0) is 17.9 Å². The molecular formula is C22H21NO3. The number of methoxy groups -OCH3 is 1. The number of hydrogen-bond donors (Lipinski definition) is 0. The van der Waals surface area contributed by atoms with Crippen molar-refractivity contribution < 1.29 is 13.9 Å². The van der Waals surface area contributed by atoms with Gasteiger partial charge in [0, 0.05) is 12.6 Å². The van der Waals surface area contributed by atoms with E-state index in [0.29, 0.717) is 13.1 Å². The Bertz CT molecular complexity index is 854. The van der Waals surface area contributed by atoms with Crippen molar-refractivity contribution in [2.45, 2.75) is 13.1 Å². The van der Waals surface area contributed by atoms with E-state index in [0.717, 1.165) is 22.6 Å². The minimum atomic E-state index is -0.0759. The highest BCUT2D eigenvalue weighted by atomic mass is 16.5. The fourth-order valence-corrected chi connectivity index (χ4v) is 2.62. The van der Waals surface area contributed by atoms with Crippen LogP contribution in [0.3, 0.4) is 0 Å². The molecule has 2 aromatic carbocycles. The van der Waals surface area contributed by atoms with Gasteiger partial charge in [-0.1, -0.05) is 42.5 Å². The molecule has 3 aromatic rings. The number of carbonyl (C=O) groups is 1. The standard InChI is InChI=1S/C22H21NO3/c1-25-20-10-5-9-18(15-20)12-13-22(24)23(17-21-11-6-14-26-21)16-19-7-3-2-4-8-19/h2-15H,16-17H2,1H3/b13-12+. The second kappa shape index (κ2) is 8.72. The van der Waals surface area contributed by atoms with Crippen LogP contribution in [0.2, 0.25) is 0 Å². The normalized spacial score (nSPS) is 10.8. The first kappa shape index (κ1) is 17.5. The van der Waals surface area contributed by atoms with Crippen LogP contribution in [0.15, 0.2) is 83.5 Å². The molecule has 0 atom stereocenters. The summed E-state index contributed by atoms with van der Waals surface area (Å²) in [6.45, 7) is 0.937. The Labute approximate surface area is 153 Å². The van der Waals surface area contributed by atoms with E-state index < -0.39 is 0 Å². The predicted octanol–water partition coefficient (Wildman–Crippen LogP) is 4.53. The molecule has 0 radical (unpaired) electrons. The second-order valence-electron chi connectivity index (χ2n) is 5.87. The summed E-state index contributed by atoms with van der Waals surface area (Å²) in [6, 6.07) is 21.2. The maximum absolute atomic E-state index is 12.8. The maximum atomic E-state index is 12.8. The van der Waals surface area contributed by atoms with Gasteiger partial charge in [0.15, 0.2) is 0 Å². The Kier molecular flexibility index (Phi) is 5.88. The summed E-state index contributed by atoms with van der Waals surface area (Å²) in [6.07, 6.45) is 5.00. The van der Waals surface area contributed by atoms with Gasteiger partial charge in [0.25, 0.3) is 0 Å². The molecule has 0 saturated carbocycles. The maximum Gasteiger partial charge on any atom is 0.247 e. The number of nitrogens with zero attached hydrogens (tertiary/aromatic N) is 1. The fraction of sp³-hybridized carbons (Fsp3) is 0.136. The Morgan fingerprint density at radius 3 is 2.62 bits per heavy atom. The van der Waals surface area contributed by atoms with Crippen molar-refractivity contribution in [2.75, 3.05) is 7.11 Å². The second-order valence-corrected chi connectivity index (χ2v) is 5.87. The van der Waals surface area contributed by atoms with Crippen LogP contribution in [0.1, 0.15) is 16.9 Å². The SMILES string of the molecule is COc1cccc(/C=C/C(=O)N(Cc2ccccc2)Cc2ccco2)c1. The molecule has 26 heavy (non-hydrogen) atoms. The molecule has 1 aromatic heterocycles. The van der Waals surface area contributed by atoms with Crippen molar-refractivity contribution in [3.05, 3.63) is 96.0 Å². The van der Waals surface area contributed by atoms with Crippen LogP contribution in [0.5, 0.6) is 5.75 Å². The largest absolute Gasteiger partial charge is 0.497 e. The third-order valence-corrected chi connectivity index (χ3v) is 3.97. The summed E-state index contributed by atoms with van der Waals surface area (Å²) in [4.78, 5) is 14.5. The van der Waals surface area contributed by atoms with Crippen LogP contribution >= 0.6 is 0 Å².